The van der Waals surface area contributed by atoms with E-state index in [0.717, 1.165) is 11.3 Å². The maximum absolute atomic E-state index is 14.0. The highest BCUT2D eigenvalue weighted by Crippen LogP contribution is 2.30. The maximum Gasteiger partial charge on any atom is 0.263 e. The summed E-state index contributed by atoms with van der Waals surface area (Å²) in [6.07, 6.45) is 1.75. The van der Waals surface area contributed by atoms with Gasteiger partial charge < -0.3 is 5.32 Å². The summed E-state index contributed by atoms with van der Waals surface area (Å²) in [5, 5.41) is 7.68. The zero-order chi connectivity index (χ0) is 18.1. The molecule has 0 aliphatic rings. The Morgan fingerprint density at radius 1 is 1.32 bits per heavy atom. The van der Waals surface area contributed by atoms with Crippen LogP contribution in [0.3, 0.4) is 0 Å². The summed E-state index contributed by atoms with van der Waals surface area (Å²) < 4.78 is 15.7. The van der Waals surface area contributed by atoms with Crippen LogP contribution in [0.4, 0.5) is 4.39 Å². The number of thiazole rings is 1. The highest BCUT2D eigenvalue weighted by atomic mass is 32.1. The van der Waals surface area contributed by atoms with Crippen LogP contribution in [-0.4, -0.2) is 20.7 Å². The van der Waals surface area contributed by atoms with E-state index in [2.05, 4.69) is 15.4 Å². The predicted octanol–water partition coefficient (Wildman–Crippen LogP) is 3.79. The fourth-order valence-corrected chi connectivity index (χ4v) is 3.63. The highest BCUT2D eigenvalue weighted by Gasteiger charge is 2.21. The van der Waals surface area contributed by atoms with Gasteiger partial charge in [-0.05, 0) is 32.9 Å². The second-order valence-corrected chi connectivity index (χ2v) is 6.92. The smallest absolute Gasteiger partial charge is 0.263 e. The summed E-state index contributed by atoms with van der Waals surface area (Å²) in [4.78, 5) is 17.5. The molecule has 0 spiro atoms. The molecule has 1 amide bonds. The van der Waals surface area contributed by atoms with E-state index < -0.39 is 0 Å². The van der Waals surface area contributed by atoms with Crippen molar-refractivity contribution in [2.75, 3.05) is 0 Å². The van der Waals surface area contributed by atoms with Crippen molar-refractivity contribution in [2.45, 2.75) is 26.8 Å². The van der Waals surface area contributed by atoms with Crippen LogP contribution < -0.4 is 5.32 Å². The van der Waals surface area contributed by atoms with Crippen molar-refractivity contribution < 1.29 is 9.18 Å². The second-order valence-electron chi connectivity index (χ2n) is 5.92. The molecule has 0 saturated carbocycles. The number of halogens is 1. The highest BCUT2D eigenvalue weighted by molar-refractivity contribution is 7.17. The second kappa shape index (κ2) is 6.76. The van der Waals surface area contributed by atoms with E-state index in [4.69, 9.17) is 0 Å². The van der Waals surface area contributed by atoms with Gasteiger partial charge in [-0.3, -0.25) is 9.48 Å². The van der Waals surface area contributed by atoms with Gasteiger partial charge in [-0.2, -0.15) is 5.10 Å². The molecule has 5 nitrogen and oxygen atoms in total. The number of aromatic nitrogens is 3. The number of rotatable bonds is 4. The number of nitrogens with zero attached hydrogens (tertiary/aromatic N) is 3. The Morgan fingerprint density at radius 2 is 2.04 bits per heavy atom. The van der Waals surface area contributed by atoms with Gasteiger partial charge in [-0.15, -0.1) is 11.3 Å². The molecule has 25 heavy (non-hydrogen) atoms. The summed E-state index contributed by atoms with van der Waals surface area (Å²) in [7, 11) is 1.86. The van der Waals surface area contributed by atoms with Crippen LogP contribution in [0, 0.1) is 19.7 Å². The zero-order valence-electron chi connectivity index (χ0n) is 14.5. The third-order valence-electron chi connectivity index (χ3n) is 4.19. The van der Waals surface area contributed by atoms with Crippen molar-refractivity contribution in [2.24, 2.45) is 7.05 Å². The Balaban J connectivity index is 1.84. The summed E-state index contributed by atoms with van der Waals surface area (Å²) in [6, 6.07) is 6.25. The summed E-state index contributed by atoms with van der Waals surface area (Å²) >= 11 is 1.20. The van der Waals surface area contributed by atoms with Gasteiger partial charge in [-0.25, -0.2) is 9.37 Å². The van der Waals surface area contributed by atoms with E-state index in [1.165, 1.54) is 17.4 Å². The van der Waals surface area contributed by atoms with E-state index in [1.54, 1.807) is 36.0 Å². The van der Waals surface area contributed by atoms with Gasteiger partial charge in [0.05, 0.1) is 17.9 Å². The molecule has 0 aliphatic heterocycles. The van der Waals surface area contributed by atoms with E-state index in [9.17, 15) is 9.18 Å². The molecule has 0 radical (unpaired) electrons. The first kappa shape index (κ1) is 17.3. The van der Waals surface area contributed by atoms with Gasteiger partial charge in [0.25, 0.3) is 5.91 Å². The van der Waals surface area contributed by atoms with Crippen LogP contribution in [-0.2, 0) is 7.05 Å². The first-order valence-electron chi connectivity index (χ1n) is 7.90. The topological polar surface area (TPSA) is 59.8 Å². The molecule has 0 bridgehead atoms. The van der Waals surface area contributed by atoms with Gasteiger partial charge in [0, 0.05) is 23.9 Å². The molecule has 0 saturated heterocycles. The lowest BCUT2D eigenvalue weighted by molar-refractivity contribution is 0.0943. The molecule has 0 fully saturated rings. The minimum absolute atomic E-state index is 0.181. The van der Waals surface area contributed by atoms with Crippen molar-refractivity contribution in [3.63, 3.8) is 0 Å². The van der Waals surface area contributed by atoms with Gasteiger partial charge in [0.2, 0.25) is 0 Å². The van der Waals surface area contributed by atoms with Crippen LogP contribution in [0.2, 0.25) is 0 Å². The molecular weight excluding hydrogens is 339 g/mol. The SMILES string of the molecule is Cc1nc(-c2ccccc2F)sc1C(=O)N[C@H](C)c1cnn(C)c1C. The number of hydrogen-bond donors (Lipinski definition) is 1. The van der Waals surface area contributed by atoms with Crippen molar-refractivity contribution in [1.82, 2.24) is 20.1 Å². The molecule has 1 aromatic carbocycles. The number of aryl methyl sites for hydroxylation is 2. The van der Waals surface area contributed by atoms with Crippen molar-refractivity contribution in [1.29, 1.82) is 0 Å². The lowest BCUT2D eigenvalue weighted by Gasteiger charge is -2.13. The first-order chi connectivity index (χ1) is 11.9. The molecule has 2 heterocycles. The lowest BCUT2D eigenvalue weighted by atomic mass is 10.1. The Labute approximate surface area is 149 Å². The van der Waals surface area contributed by atoms with E-state index in [1.807, 2.05) is 20.9 Å². The van der Waals surface area contributed by atoms with Crippen LogP contribution in [0.5, 0.6) is 0 Å². The maximum atomic E-state index is 14.0. The molecular formula is C18H19FN4OS. The average Bonchev–Trinajstić information content (AvgIpc) is 3.11. The zero-order valence-corrected chi connectivity index (χ0v) is 15.3. The Kier molecular flexibility index (Phi) is 4.67. The number of benzene rings is 1. The summed E-state index contributed by atoms with van der Waals surface area (Å²) in [6.45, 7) is 5.63. The Bertz CT molecular complexity index is 931. The largest absolute Gasteiger partial charge is 0.345 e. The fourth-order valence-electron chi connectivity index (χ4n) is 2.64. The van der Waals surface area contributed by atoms with E-state index in [0.29, 0.717) is 21.1 Å². The van der Waals surface area contributed by atoms with Crippen LogP contribution in [0.15, 0.2) is 30.5 Å². The van der Waals surface area contributed by atoms with Gasteiger partial charge in [0.1, 0.15) is 15.7 Å². The number of nitrogens with one attached hydrogen (secondary N) is 1. The third kappa shape index (κ3) is 3.32. The number of carbonyl (C=O) groups excluding carboxylic acids is 1. The average molecular weight is 358 g/mol. The minimum Gasteiger partial charge on any atom is -0.345 e. The number of hydrogen-bond acceptors (Lipinski definition) is 4. The van der Waals surface area contributed by atoms with Crippen molar-refractivity contribution in [3.05, 3.63) is 58.1 Å². The summed E-state index contributed by atoms with van der Waals surface area (Å²) in [5.74, 6) is -0.559. The fraction of sp³-hybridized carbons (Fsp3) is 0.278. The minimum atomic E-state index is -0.345. The molecule has 130 valence electrons. The normalized spacial score (nSPS) is 12.2. The molecule has 2 aromatic heterocycles. The Hall–Kier alpha value is -2.54. The predicted molar refractivity (Wildman–Crippen MR) is 96.1 cm³/mol. The van der Waals surface area contributed by atoms with Gasteiger partial charge >= 0.3 is 0 Å². The molecule has 0 aliphatic carbocycles. The Morgan fingerprint density at radius 3 is 2.68 bits per heavy atom. The quantitative estimate of drug-likeness (QED) is 0.772. The van der Waals surface area contributed by atoms with Crippen LogP contribution in [0.25, 0.3) is 10.6 Å². The number of amides is 1. The molecule has 3 rings (SSSR count). The molecule has 0 unspecified atom stereocenters. The van der Waals surface area contributed by atoms with E-state index >= 15 is 0 Å². The van der Waals surface area contributed by atoms with Crippen molar-refractivity contribution in [3.8, 4) is 10.6 Å². The van der Waals surface area contributed by atoms with Gasteiger partial charge in [-0.1, -0.05) is 12.1 Å². The number of carbonyl (C=O) groups is 1. The van der Waals surface area contributed by atoms with Crippen LogP contribution in [0.1, 0.15) is 39.6 Å². The molecule has 7 heteroatoms. The third-order valence-corrected chi connectivity index (χ3v) is 5.38. The van der Waals surface area contributed by atoms with Gasteiger partial charge in [0.15, 0.2) is 0 Å². The van der Waals surface area contributed by atoms with E-state index in [-0.39, 0.29) is 17.8 Å². The first-order valence-corrected chi connectivity index (χ1v) is 8.71. The molecule has 3 aromatic rings. The summed E-state index contributed by atoms with van der Waals surface area (Å²) in [5.41, 5.74) is 2.97. The van der Waals surface area contributed by atoms with Crippen LogP contribution >= 0.6 is 11.3 Å². The molecule has 1 atom stereocenters. The monoisotopic (exact) mass is 358 g/mol. The standard InChI is InChI=1S/C18H19FN4OS/c1-10(14-9-20-23(4)12(14)3)21-17(24)16-11(2)22-18(25-16)13-7-5-6-8-15(13)19/h5-10H,1-4H3,(H,21,24)/t10-/m1/s1. The van der Waals surface area contributed by atoms with Crippen molar-refractivity contribution >= 4 is 17.2 Å². The molecule has 1 N–H and O–H groups in total. The lowest BCUT2D eigenvalue weighted by Crippen LogP contribution is -2.26.